The molecule has 1 amide bonds. The van der Waals surface area contributed by atoms with Crippen LogP contribution in [-0.2, 0) is 4.79 Å². The fraction of sp³-hybridized carbons (Fsp3) is 0.562. The molecule has 2 unspecified atom stereocenters. The zero-order valence-corrected chi connectivity index (χ0v) is 14.2. The lowest BCUT2D eigenvalue weighted by molar-refractivity contribution is -0.384. The van der Waals surface area contributed by atoms with Gasteiger partial charge in [-0.2, -0.15) is 0 Å². The third kappa shape index (κ3) is 4.58. The molecule has 24 heavy (non-hydrogen) atoms. The van der Waals surface area contributed by atoms with E-state index in [4.69, 9.17) is 0 Å². The highest BCUT2D eigenvalue weighted by atomic mass is 35.5. The normalized spacial score (nSPS) is 24.8. The molecule has 0 aliphatic carbocycles. The van der Waals surface area contributed by atoms with E-state index >= 15 is 0 Å². The topological polar surface area (TPSA) is 96.3 Å². The van der Waals surface area contributed by atoms with E-state index in [1.807, 2.05) is 0 Å². The van der Waals surface area contributed by atoms with Gasteiger partial charge in [-0.05, 0) is 31.7 Å². The van der Waals surface area contributed by atoms with Crippen molar-refractivity contribution < 1.29 is 9.72 Å². The molecule has 2 atom stereocenters. The first-order valence-electron chi connectivity index (χ1n) is 8.14. The Morgan fingerprint density at radius 1 is 1.25 bits per heavy atom. The number of carbonyl (C=O) groups is 1. The Morgan fingerprint density at radius 2 is 1.92 bits per heavy atom. The second-order valence-corrected chi connectivity index (χ2v) is 6.32. The molecular weight excluding hydrogens is 332 g/mol. The molecule has 2 saturated heterocycles. The number of rotatable bonds is 6. The van der Waals surface area contributed by atoms with Gasteiger partial charge in [0.25, 0.3) is 5.69 Å². The zero-order chi connectivity index (χ0) is 16.2. The zero-order valence-electron chi connectivity index (χ0n) is 13.4. The van der Waals surface area contributed by atoms with E-state index in [-0.39, 0.29) is 30.0 Å². The molecule has 2 aliphatic rings. The number of nitrogens with zero attached hydrogens (tertiary/aromatic N) is 1. The van der Waals surface area contributed by atoms with Crippen molar-refractivity contribution in [3.63, 3.8) is 0 Å². The van der Waals surface area contributed by atoms with Crippen molar-refractivity contribution in [3.8, 4) is 0 Å². The number of carbonyl (C=O) groups excluding carboxylic acids is 1. The van der Waals surface area contributed by atoms with Crippen LogP contribution < -0.4 is 16.0 Å². The Bertz CT molecular complexity index is 586. The van der Waals surface area contributed by atoms with E-state index in [0.29, 0.717) is 30.7 Å². The van der Waals surface area contributed by atoms with Crippen LogP contribution >= 0.6 is 12.4 Å². The summed E-state index contributed by atoms with van der Waals surface area (Å²) in [5.41, 5.74) is 0.480. The Kier molecular flexibility index (Phi) is 6.39. The highest BCUT2D eigenvalue weighted by molar-refractivity contribution is 5.85. The fourth-order valence-corrected chi connectivity index (χ4v) is 3.57. The molecule has 1 aromatic rings. The van der Waals surface area contributed by atoms with Crippen LogP contribution in [0.3, 0.4) is 0 Å². The quantitative estimate of drug-likeness (QED) is 0.537. The average Bonchev–Trinajstić information content (AvgIpc) is 2.86. The van der Waals surface area contributed by atoms with Crippen LogP contribution in [0.5, 0.6) is 0 Å². The van der Waals surface area contributed by atoms with Gasteiger partial charge in [-0.15, -0.1) is 12.4 Å². The minimum absolute atomic E-state index is 0. The van der Waals surface area contributed by atoms with Crippen molar-refractivity contribution in [3.05, 3.63) is 34.4 Å². The molecule has 2 aliphatic heterocycles. The van der Waals surface area contributed by atoms with Gasteiger partial charge in [0.05, 0.1) is 4.92 Å². The summed E-state index contributed by atoms with van der Waals surface area (Å²) in [6.45, 7) is 0.383. The predicted octanol–water partition coefficient (Wildman–Crippen LogP) is 2.22. The molecule has 8 heteroatoms. The molecule has 1 aromatic carbocycles. The molecule has 0 radical (unpaired) electrons. The first-order chi connectivity index (χ1) is 11.1. The first kappa shape index (κ1) is 18.5. The van der Waals surface area contributed by atoms with Crippen LogP contribution in [-0.4, -0.2) is 35.5 Å². The number of hydrogen-bond donors (Lipinski definition) is 3. The molecule has 0 saturated carbocycles. The van der Waals surface area contributed by atoms with Gasteiger partial charge in [-0.1, -0.05) is 12.1 Å². The molecule has 132 valence electrons. The molecule has 2 bridgehead atoms. The summed E-state index contributed by atoms with van der Waals surface area (Å²) in [4.78, 5) is 22.6. The standard InChI is InChI=1S/C16H22N4O3.ClH/c21-16(19-13-9-11-5-6-12(10-13)18-11)7-8-17-14-3-1-2-4-15(14)20(22)23;/h1-4,11-13,17-18H,5-10H2,(H,19,21);1H. The Morgan fingerprint density at radius 3 is 2.58 bits per heavy atom. The number of amides is 1. The van der Waals surface area contributed by atoms with Crippen LogP contribution in [0.2, 0.25) is 0 Å². The molecule has 3 rings (SSSR count). The third-order valence-electron chi connectivity index (χ3n) is 4.61. The molecule has 0 aromatic heterocycles. The van der Waals surface area contributed by atoms with Crippen molar-refractivity contribution >= 4 is 29.7 Å². The fourth-order valence-electron chi connectivity index (χ4n) is 3.57. The van der Waals surface area contributed by atoms with E-state index in [9.17, 15) is 14.9 Å². The smallest absolute Gasteiger partial charge is 0.292 e. The second kappa shape index (κ2) is 8.30. The van der Waals surface area contributed by atoms with E-state index < -0.39 is 4.92 Å². The van der Waals surface area contributed by atoms with E-state index in [1.165, 1.54) is 18.9 Å². The summed E-state index contributed by atoms with van der Waals surface area (Å²) in [5.74, 6) is 0.00221. The Labute approximate surface area is 147 Å². The Balaban J connectivity index is 0.00000208. The van der Waals surface area contributed by atoms with E-state index in [2.05, 4.69) is 16.0 Å². The number of halogens is 1. The van der Waals surface area contributed by atoms with Crippen LogP contribution in [0, 0.1) is 10.1 Å². The molecular formula is C16H23ClN4O3. The van der Waals surface area contributed by atoms with Crippen molar-refractivity contribution in [2.45, 2.75) is 50.2 Å². The number of nitro benzene ring substituents is 1. The number of fused-ring (bicyclic) bond motifs is 2. The lowest BCUT2D eigenvalue weighted by Gasteiger charge is -2.29. The van der Waals surface area contributed by atoms with Gasteiger partial charge in [0.2, 0.25) is 5.91 Å². The molecule has 7 nitrogen and oxygen atoms in total. The van der Waals surface area contributed by atoms with E-state index in [1.54, 1.807) is 18.2 Å². The highest BCUT2D eigenvalue weighted by Crippen LogP contribution is 2.27. The highest BCUT2D eigenvalue weighted by Gasteiger charge is 2.33. The van der Waals surface area contributed by atoms with Gasteiger partial charge >= 0.3 is 0 Å². The monoisotopic (exact) mass is 354 g/mol. The first-order valence-corrected chi connectivity index (χ1v) is 8.14. The van der Waals surface area contributed by atoms with Gasteiger partial charge in [0.15, 0.2) is 0 Å². The third-order valence-corrected chi connectivity index (χ3v) is 4.61. The maximum Gasteiger partial charge on any atom is 0.292 e. The summed E-state index contributed by atoms with van der Waals surface area (Å²) in [6, 6.07) is 7.82. The molecule has 2 heterocycles. The number of nitro groups is 1. The minimum Gasteiger partial charge on any atom is -0.379 e. The number of para-hydroxylation sites is 2. The van der Waals surface area contributed by atoms with Gasteiger partial charge in [0, 0.05) is 37.2 Å². The molecule has 2 fully saturated rings. The number of anilines is 1. The molecule has 0 spiro atoms. The van der Waals surface area contributed by atoms with Gasteiger partial charge in [0.1, 0.15) is 5.69 Å². The van der Waals surface area contributed by atoms with Crippen molar-refractivity contribution in [1.29, 1.82) is 0 Å². The number of benzene rings is 1. The van der Waals surface area contributed by atoms with Crippen LogP contribution in [0.4, 0.5) is 11.4 Å². The van der Waals surface area contributed by atoms with Crippen molar-refractivity contribution in [2.75, 3.05) is 11.9 Å². The number of hydrogen-bond acceptors (Lipinski definition) is 5. The summed E-state index contributed by atoms with van der Waals surface area (Å²) < 4.78 is 0. The lowest BCUT2D eigenvalue weighted by atomic mass is 10.00. The van der Waals surface area contributed by atoms with Crippen LogP contribution in [0.25, 0.3) is 0 Å². The maximum atomic E-state index is 12.0. The second-order valence-electron chi connectivity index (χ2n) is 6.32. The summed E-state index contributed by atoms with van der Waals surface area (Å²) in [6.07, 6.45) is 4.72. The van der Waals surface area contributed by atoms with Gasteiger partial charge in [-0.25, -0.2) is 0 Å². The van der Waals surface area contributed by atoms with Crippen LogP contribution in [0.1, 0.15) is 32.1 Å². The number of nitrogens with one attached hydrogen (secondary N) is 3. The predicted molar refractivity (Wildman–Crippen MR) is 94.6 cm³/mol. The number of piperidine rings is 1. The molecule has 3 N–H and O–H groups in total. The van der Waals surface area contributed by atoms with Crippen LogP contribution in [0.15, 0.2) is 24.3 Å². The Hall–Kier alpha value is -1.86. The van der Waals surface area contributed by atoms with Gasteiger partial charge < -0.3 is 16.0 Å². The van der Waals surface area contributed by atoms with E-state index in [0.717, 1.165) is 12.8 Å². The maximum absolute atomic E-state index is 12.0. The summed E-state index contributed by atoms with van der Waals surface area (Å²) in [5, 5.41) is 20.5. The summed E-state index contributed by atoms with van der Waals surface area (Å²) in [7, 11) is 0. The minimum atomic E-state index is -0.423. The SMILES string of the molecule is Cl.O=C(CCNc1ccccc1[N+](=O)[O-])NC1CC2CCC(C1)N2. The summed E-state index contributed by atoms with van der Waals surface area (Å²) >= 11 is 0. The van der Waals surface area contributed by atoms with Crippen molar-refractivity contribution in [2.24, 2.45) is 0 Å². The lowest BCUT2D eigenvalue weighted by Crippen LogP contribution is -2.48. The van der Waals surface area contributed by atoms with Gasteiger partial charge in [-0.3, -0.25) is 14.9 Å². The largest absolute Gasteiger partial charge is 0.379 e. The van der Waals surface area contributed by atoms with Crippen molar-refractivity contribution in [1.82, 2.24) is 10.6 Å². The average molecular weight is 355 g/mol.